The van der Waals surface area contributed by atoms with Crippen LogP contribution in [-0.2, 0) is 10.8 Å². The van der Waals surface area contributed by atoms with Crippen molar-refractivity contribution in [3.8, 4) is 39.4 Å². The lowest BCUT2D eigenvalue weighted by atomic mass is 9.79. The first-order valence-corrected chi connectivity index (χ1v) is 15.9. The summed E-state index contributed by atoms with van der Waals surface area (Å²) in [6, 6.07) is 33.0. The molecule has 0 amide bonds. The summed E-state index contributed by atoms with van der Waals surface area (Å²) in [7, 11) is 0. The molecule has 0 saturated carbocycles. The third-order valence-corrected chi connectivity index (χ3v) is 8.32. The molecular weight excluding hydrogens is 602 g/mol. The van der Waals surface area contributed by atoms with Crippen molar-refractivity contribution in [1.29, 1.82) is 0 Å². The zero-order valence-corrected chi connectivity index (χ0v) is 28.0. The van der Waals surface area contributed by atoms with Crippen molar-refractivity contribution >= 4 is 17.2 Å². The fourth-order valence-corrected chi connectivity index (χ4v) is 5.58. The number of para-hydroxylation sites is 2. The van der Waals surface area contributed by atoms with Crippen molar-refractivity contribution < 1.29 is 13.9 Å². The molecular formula is C41H38F2N4O. The molecule has 0 unspecified atom stereocenters. The van der Waals surface area contributed by atoms with Crippen molar-refractivity contribution in [1.82, 2.24) is 15.0 Å². The zero-order chi connectivity index (χ0) is 34.2. The van der Waals surface area contributed by atoms with Gasteiger partial charge in [-0.2, -0.15) is 13.8 Å². The Kier molecular flexibility index (Phi) is 8.56. The maximum Gasteiger partial charge on any atom is 0.239 e. The first-order chi connectivity index (χ1) is 22.8. The van der Waals surface area contributed by atoms with E-state index in [1.807, 2.05) is 42.5 Å². The molecule has 242 valence electrons. The van der Waals surface area contributed by atoms with Gasteiger partial charge in [-0.3, -0.25) is 4.90 Å². The standard InChI is InChI=1S/C41H38F2N4O/c1-40(2,3)28-20-26(21-29(24-28)41(4,5)6)27-22-33(31-16-10-11-17-36(31)48)45-34(23-27)32-25-35(39(43)46-38(32)42)47(30-14-8-7-9-15-30)37-18-12-13-19-44-37/h7-25,48H,1-6H3. The van der Waals surface area contributed by atoms with E-state index in [9.17, 15) is 5.11 Å². The van der Waals surface area contributed by atoms with Gasteiger partial charge in [0.2, 0.25) is 11.9 Å². The SMILES string of the molecule is CC(C)(C)c1cc(-c2cc(-c3ccccc3O)nc(-c3cc(N(c4ccccc4)c4ccccn4)c(F)nc3F)c2)cc(C(C)(C)C)c1. The first-order valence-electron chi connectivity index (χ1n) is 15.9. The van der Waals surface area contributed by atoms with Gasteiger partial charge in [-0.05, 0) is 87.7 Å². The van der Waals surface area contributed by atoms with Gasteiger partial charge >= 0.3 is 0 Å². The molecule has 0 saturated heterocycles. The van der Waals surface area contributed by atoms with Crippen molar-refractivity contribution in [2.75, 3.05) is 4.90 Å². The summed E-state index contributed by atoms with van der Waals surface area (Å²) in [5, 5.41) is 10.9. The Labute approximate surface area is 280 Å². The number of phenols is 1. The van der Waals surface area contributed by atoms with Gasteiger partial charge in [-0.15, -0.1) is 0 Å². The molecule has 3 aromatic heterocycles. The van der Waals surface area contributed by atoms with Crippen LogP contribution in [0.15, 0.2) is 115 Å². The Morgan fingerprint density at radius 3 is 1.77 bits per heavy atom. The van der Waals surface area contributed by atoms with Gasteiger partial charge in [0.15, 0.2) is 0 Å². The molecule has 3 aromatic carbocycles. The molecule has 0 spiro atoms. The van der Waals surface area contributed by atoms with Crippen LogP contribution in [0.5, 0.6) is 5.75 Å². The summed E-state index contributed by atoms with van der Waals surface area (Å²) in [6.45, 7) is 13.0. The van der Waals surface area contributed by atoms with Crippen molar-refractivity contribution in [2.45, 2.75) is 52.4 Å². The minimum absolute atomic E-state index is 0.00445. The summed E-state index contributed by atoms with van der Waals surface area (Å²) in [6.07, 6.45) is 1.61. The number of phenolic OH excluding ortho intramolecular Hbond substituents is 1. The Morgan fingerprint density at radius 1 is 0.583 bits per heavy atom. The quantitative estimate of drug-likeness (QED) is 0.184. The highest BCUT2D eigenvalue weighted by atomic mass is 19.1. The van der Waals surface area contributed by atoms with Crippen LogP contribution in [0.3, 0.4) is 0 Å². The van der Waals surface area contributed by atoms with E-state index in [0.717, 1.165) is 22.3 Å². The third-order valence-electron chi connectivity index (χ3n) is 8.32. The lowest BCUT2D eigenvalue weighted by Gasteiger charge is -2.26. The molecule has 3 heterocycles. The predicted octanol–water partition coefficient (Wildman–Crippen LogP) is 10.9. The molecule has 5 nitrogen and oxygen atoms in total. The van der Waals surface area contributed by atoms with Gasteiger partial charge in [0, 0.05) is 17.4 Å². The van der Waals surface area contributed by atoms with Crippen LogP contribution in [0.25, 0.3) is 33.6 Å². The van der Waals surface area contributed by atoms with Gasteiger partial charge < -0.3 is 5.11 Å². The Morgan fingerprint density at radius 2 is 1.17 bits per heavy atom. The topological polar surface area (TPSA) is 62.1 Å². The van der Waals surface area contributed by atoms with Crippen LogP contribution in [0, 0.1) is 11.9 Å². The molecule has 0 radical (unpaired) electrons. The molecule has 6 rings (SSSR count). The number of nitrogens with zero attached hydrogens (tertiary/aromatic N) is 4. The van der Waals surface area contributed by atoms with E-state index in [1.54, 1.807) is 53.6 Å². The summed E-state index contributed by atoms with van der Waals surface area (Å²) >= 11 is 0. The highest BCUT2D eigenvalue weighted by Crippen LogP contribution is 2.40. The molecule has 48 heavy (non-hydrogen) atoms. The van der Waals surface area contributed by atoms with E-state index in [0.29, 0.717) is 22.8 Å². The Bertz CT molecular complexity index is 2010. The lowest BCUT2D eigenvalue weighted by Crippen LogP contribution is -2.16. The molecule has 0 fully saturated rings. The lowest BCUT2D eigenvalue weighted by molar-refractivity contribution is 0.477. The van der Waals surface area contributed by atoms with E-state index in [1.165, 1.54) is 6.07 Å². The largest absolute Gasteiger partial charge is 0.507 e. The number of pyridine rings is 3. The van der Waals surface area contributed by atoms with Gasteiger partial charge in [0.25, 0.3) is 0 Å². The van der Waals surface area contributed by atoms with Gasteiger partial charge in [0.1, 0.15) is 17.3 Å². The predicted molar refractivity (Wildman–Crippen MR) is 190 cm³/mol. The third kappa shape index (κ3) is 6.67. The van der Waals surface area contributed by atoms with Crippen LogP contribution in [-0.4, -0.2) is 20.1 Å². The number of hydrogen-bond donors (Lipinski definition) is 1. The highest BCUT2D eigenvalue weighted by molar-refractivity contribution is 5.82. The average Bonchev–Trinajstić information content (AvgIpc) is 3.06. The second kappa shape index (κ2) is 12.6. The molecule has 0 aliphatic carbocycles. The summed E-state index contributed by atoms with van der Waals surface area (Å²) in [5.74, 6) is -1.52. The van der Waals surface area contributed by atoms with E-state index >= 15 is 8.78 Å². The fraction of sp³-hybridized carbons (Fsp3) is 0.195. The normalized spacial score (nSPS) is 11.8. The van der Waals surface area contributed by atoms with Crippen LogP contribution in [0.1, 0.15) is 52.7 Å². The number of anilines is 3. The maximum absolute atomic E-state index is 15.9. The Balaban J connectivity index is 1.62. The molecule has 1 N–H and O–H groups in total. The number of aromatic nitrogens is 3. The van der Waals surface area contributed by atoms with Crippen LogP contribution < -0.4 is 4.90 Å². The number of benzene rings is 3. The second-order valence-electron chi connectivity index (χ2n) is 13.9. The van der Waals surface area contributed by atoms with Gasteiger partial charge in [-0.1, -0.05) is 96.1 Å². The first kappa shape index (κ1) is 32.5. The van der Waals surface area contributed by atoms with E-state index < -0.39 is 11.9 Å². The minimum atomic E-state index is -1.00. The van der Waals surface area contributed by atoms with Crippen molar-refractivity contribution in [3.05, 3.63) is 138 Å². The average molecular weight is 641 g/mol. The van der Waals surface area contributed by atoms with Crippen molar-refractivity contribution in [2.24, 2.45) is 0 Å². The van der Waals surface area contributed by atoms with Crippen LogP contribution in [0.2, 0.25) is 0 Å². The molecule has 0 aliphatic heterocycles. The van der Waals surface area contributed by atoms with Gasteiger partial charge in [-0.25, -0.2) is 9.97 Å². The second-order valence-corrected chi connectivity index (χ2v) is 13.9. The summed E-state index contributed by atoms with van der Waals surface area (Å²) < 4.78 is 31.6. The van der Waals surface area contributed by atoms with Crippen molar-refractivity contribution in [3.63, 3.8) is 0 Å². The van der Waals surface area contributed by atoms with E-state index in [2.05, 4.69) is 69.7 Å². The molecule has 7 heteroatoms. The van der Waals surface area contributed by atoms with E-state index in [4.69, 9.17) is 4.98 Å². The zero-order valence-electron chi connectivity index (χ0n) is 28.0. The number of aromatic hydroxyl groups is 1. The molecule has 6 aromatic rings. The minimum Gasteiger partial charge on any atom is -0.507 e. The highest BCUT2D eigenvalue weighted by Gasteiger charge is 2.25. The van der Waals surface area contributed by atoms with E-state index in [-0.39, 0.29) is 33.5 Å². The number of halogens is 2. The molecule has 0 aliphatic rings. The summed E-state index contributed by atoms with van der Waals surface area (Å²) in [5.41, 5.74) is 5.52. The molecule has 0 bridgehead atoms. The monoisotopic (exact) mass is 640 g/mol. The maximum atomic E-state index is 15.9. The Hall–Kier alpha value is -5.43. The number of hydrogen-bond acceptors (Lipinski definition) is 5. The summed E-state index contributed by atoms with van der Waals surface area (Å²) in [4.78, 5) is 14.7. The van der Waals surface area contributed by atoms with Gasteiger partial charge in [0.05, 0.1) is 17.0 Å². The smallest absolute Gasteiger partial charge is 0.239 e. The van der Waals surface area contributed by atoms with Crippen LogP contribution >= 0.6 is 0 Å². The van der Waals surface area contributed by atoms with Crippen LogP contribution in [0.4, 0.5) is 26.0 Å². The molecule has 0 atom stereocenters. The fourth-order valence-electron chi connectivity index (χ4n) is 5.58. The number of rotatable bonds is 6.